The maximum atomic E-state index is 13.8. The zero-order valence-electron chi connectivity index (χ0n) is 22.6. The number of aliphatic imine (C=N–C) groups is 1. The number of aliphatic hydroxyl groups is 1. The molecule has 4 atom stereocenters. The van der Waals surface area contributed by atoms with Gasteiger partial charge < -0.3 is 25.6 Å². The molecule has 1 aliphatic heterocycles. The highest BCUT2D eigenvalue weighted by atomic mass is 32.1. The number of hydrogen-bond donors (Lipinski definition) is 3. The Kier molecular flexibility index (Phi) is 10.8. The van der Waals surface area contributed by atoms with E-state index >= 15 is 0 Å². The molecule has 1 aliphatic rings. The second-order valence-corrected chi connectivity index (χ2v) is 11.3. The molecule has 11 heteroatoms. The maximum absolute atomic E-state index is 13.8. The van der Waals surface area contributed by atoms with Gasteiger partial charge >= 0.3 is 5.97 Å². The Morgan fingerprint density at radius 1 is 1.31 bits per heavy atom. The van der Waals surface area contributed by atoms with Crippen molar-refractivity contribution in [1.29, 1.82) is 0 Å². The average Bonchev–Trinajstić information content (AvgIpc) is 3.35. The minimum atomic E-state index is -1.13. The number of amidine groups is 1. The summed E-state index contributed by atoms with van der Waals surface area (Å²) in [6, 6.07) is -0.961. The van der Waals surface area contributed by atoms with E-state index in [2.05, 4.69) is 9.88 Å². The molecule has 0 aromatic carbocycles. The van der Waals surface area contributed by atoms with Crippen molar-refractivity contribution in [3.8, 4) is 0 Å². The number of morpholine rings is 1. The van der Waals surface area contributed by atoms with Gasteiger partial charge in [-0.1, -0.05) is 34.1 Å². The van der Waals surface area contributed by atoms with Crippen molar-refractivity contribution in [2.75, 3.05) is 33.4 Å². The first-order valence-electron chi connectivity index (χ1n) is 12.6. The lowest BCUT2D eigenvalue weighted by Crippen LogP contribution is -2.57. The van der Waals surface area contributed by atoms with Crippen LogP contribution >= 0.6 is 11.3 Å². The van der Waals surface area contributed by atoms with Gasteiger partial charge in [-0.3, -0.25) is 14.7 Å². The van der Waals surface area contributed by atoms with Crippen molar-refractivity contribution in [3.63, 3.8) is 0 Å². The fourth-order valence-electron chi connectivity index (χ4n) is 4.37. The Balaban J connectivity index is 2.26. The fraction of sp³-hybridized carbons (Fsp3) is 0.760. The summed E-state index contributed by atoms with van der Waals surface area (Å²) >= 11 is 1.11. The number of carboxylic acids is 1. The number of likely N-dealkylation sites (N-methyl/N-ethyl adjacent to an activating group) is 1. The molecule has 1 aromatic heterocycles. The number of aliphatic hydroxyl groups excluding tert-OH is 1. The molecule has 1 amide bonds. The number of nitrogens with zero attached hydrogens (tertiary/aromatic N) is 4. The van der Waals surface area contributed by atoms with Crippen LogP contribution in [0.5, 0.6) is 0 Å². The van der Waals surface area contributed by atoms with E-state index in [1.807, 2.05) is 41.5 Å². The monoisotopic (exact) mass is 525 g/mol. The highest BCUT2D eigenvalue weighted by Gasteiger charge is 2.36. The molecule has 10 nitrogen and oxygen atoms in total. The smallest absolute Gasteiger partial charge is 0.355 e. The molecule has 0 spiro atoms. The maximum Gasteiger partial charge on any atom is 0.355 e. The predicted molar refractivity (Wildman–Crippen MR) is 141 cm³/mol. The van der Waals surface area contributed by atoms with Crippen LogP contribution < -0.4 is 5.73 Å². The van der Waals surface area contributed by atoms with E-state index in [0.717, 1.165) is 30.8 Å². The SMILES string of the molecule is CCC(C)[C@@H](C[C@@H](O)c1nc(C(=O)O)cs1)N(C)C(=O)[C@@H](N=C(N)C(C)(C)N1CCOCC1)C(C)C. The Labute approximate surface area is 218 Å². The fourth-order valence-corrected chi connectivity index (χ4v) is 5.16. The normalized spacial score (nSPS) is 19.1. The largest absolute Gasteiger partial charge is 0.476 e. The van der Waals surface area contributed by atoms with Crippen LogP contribution in [0.2, 0.25) is 0 Å². The van der Waals surface area contributed by atoms with Crippen molar-refractivity contribution >= 4 is 29.0 Å². The van der Waals surface area contributed by atoms with E-state index in [9.17, 15) is 14.7 Å². The highest BCUT2D eigenvalue weighted by molar-refractivity contribution is 7.09. The number of hydrogen-bond acceptors (Lipinski definition) is 8. The Morgan fingerprint density at radius 3 is 2.42 bits per heavy atom. The minimum Gasteiger partial charge on any atom is -0.476 e. The van der Waals surface area contributed by atoms with Crippen LogP contribution in [-0.4, -0.2) is 93.7 Å². The number of nitrogens with two attached hydrogens (primary N) is 1. The van der Waals surface area contributed by atoms with Gasteiger partial charge in [-0.05, 0) is 25.7 Å². The van der Waals surface area contributed by atoms with Crippen LogP contribution in [0.25, 0.3) is 0 Å². The van der Waals surface area contributed by atoms with E-state index in [-0.39, 0.29) is 35.9 Å². The molecule has 1 aromatic rings. The van der Waals surface area contributed by atoms with Gasteiger partial charge in [-0.25, -0.2) is 9.78 Å². The number of carbonyl (C=O) groups excluding carboxylic acids is 1. The summed E-state index contributed by atoms with van der Waals surface area (Å²) in [5.74, 6) is -0.877. The second-order valence-electron chi connectivity index (χ2n) is 10.4. The predicted octanol–water partition coefficient (Wildman–Crippen LogP) is 2.63. The summed E-state index contributed by atoms with van der Waals surface area (Å²) in [7, 11) is 1.74. The third-order valence-electron chi connectivity index (χ3n) is 7.23. The van der Waals surface area contributed by atoms with E-state index in [4.69, 9.17) is 20.6 Å². The molecule has 2 heterocycles. The molecule has 1 saturated heterocycles. The van der Waals surface area contributed by atoms with Crippen LogP contribution in [0.1, 0.15) is 76.0 Å². The number of ether oxygens (including phenoxy) is 1. The molecule has 0 aliphatic carbocycles. The minimum absolute atomic E-state index is 0.0846. The van der Waals surface area contributed by atoms with Crippen molar-refractivity contribution in [2.45, 2.75) is 78.1 Å². The van der Waals surface area contributed by atoms with Crippen molar-refractivity contribution in [1.82, 2.24) is 14.8 Å². The third-order valence-corrected chi connectivity index (χ3v) is 8.17. The number of thiazole rings is 1. The summed E-state index contributed by atoms with van der Waals surface area (Å²) in [5, 5.41) is 21.8. The first-order valence-corrected chi connectivity index (χ1v) is 13.5. The first kappa shape index (κ1) is 30.1. The summed E-state index contributed by atoms with van der Waals surface area (Å²) in [5.41, 5.74) is 5.90. The standard InChI is InChI=1S/C25H43N5O5S/c1-8-16(4)18(13-19(31)21-27-17(14-36-21)23(33)34)29(7)22(32)20(15(2)3)28-24(26)25(5,6)30-9-11-35-12-10-30/h14-16,18-20,31H,8-13H2,1-7H3,(H2,26,28)(H,33,34)/t16?,18-,19-,20+/m1/s1. The van der Waals surface area contributed by atoms with Crippen LogP contribution in [0, 0.1) is 11.8 Å². The van der Waals surface area contributed by atoms with E-state index < -0.39 is 23.7 Å². The van der Waals surface area contributed by atoms with Gasteiger partial charge in [0.25, 0.3) is 0 Å². The number of carbonyl (C=O) groups is 2. The summed E-state index contributed by atoms with van der Waals surface area (Å²) < 4.78 is 5.46. The Bertz CT molecular complexity index is 912. The van der Waals surface area contributed by atoms with Gasteiger partial charge in [0.2, 0.25) is 5.91 Å². The lowest BCUT2D eigenvalue weighted by atomic mass is 9.91. The molecule has 1 unspecified atom stereocenters. The van der Waals surface area contributed by atoms with Crippen molar-refractivity contribution in [2.24, 2.45) is 22.6 Å². The van der Waals surface area contributed by atoms with Gasteiger partial charge in [0.1, 0.15) is 23.0 Å². The van der Waals surface area contributed by atoms with Gasteiger partial charge in [0.15, 0.2) is 5.69 Å². The lowest BCUT2D eigenvalue weighted by Gasteiger charge is -2.41. The van der Waals surface area contributed by atoms with Gasteiger partial charge in [0, 0.05) is 38.0 Å². The molecule has 0 radical (unpaired) electrons. The van der Waals surface area contributed by atoms with Crippen LogP contribution in [0.15, 0.2) is 10.4 Å². The third kappa shape index (κ3) is 7.24. The molecule has 36 heavy (non-hydrogen) atoms. The molecule has 2 rings (SSSR count). The second kappa shape index (κ2) is 12.9. The zero-order valence-corrected chi connectivity index (χ0v) is 23.4. The van der Waals surface area contributed by atoms with Crippen LogP contribution in [0.4, 0.5) is 0 Å². The molecular formula is C25H43N5O5S. The van der Waals surface area contributed by atoms with E-state index in [0.29, 0.717) is 24.1 Å². The zero-order chi connectivity index (χ0) is 27.2. The van der Waals surface area contributed by atoms with Crippen molar-refractivity contribution in [3.05, 3.63) is 16.1 Å². The number of rotatable bonds is 12. The topological polar surface area (TPSA) is 142 Å². The Morgan fingerprint density at radius 2 is 1.92 bits per heavy atom. The summed E-state index contributed by atoms with van der Waals surface area (Å²) in [6.45, 7) is 14.8. The van der Waals surface area contributed by atoms with Crippen LogP contribution in [0.3, 0.4) is 0 Å². The molecule has 4 N–H and O–H groups in total. The van der Waals surface area contributed by atoms with Crippen LogP contribution in [-0.2, 0) is 9.53 Å². The Hall–Kier alpha value is -2.08. The first-order chi connectivity index (χ1) is 16.8. The number of aromatic nitrogens is 1. The number of aromatic carboxylic acids is 1. The highest BCUT2D eigenvalue weighted by Crippen LogP contribution is 2.29. The van der Waals surface area contributed by atoms with E-state index in [1.54, 1.807) is 11.9 Å². The molecular weight excluding hydrogens is 482 g/mol. The lowest BCUT2D eigenvalue weighted by molar-refractivity contribution is -0.136. The molecule has 1 fully saturated rings. The van der Waals surface area contributed by atoms with Crippen molar-refractivity contribution < 1.29 is 24.5 Å². The molecule has 204 valence electrons. The van der Waals surface area contributed by atoms with Gasteiger partial charge in [-0.15, -0.1) is 11.3 Å². The quantitative estimate of drug-likeness (QED) is 0.279. The van der Waals surface area contributed by atoms with Gasteiger partial charge in [0.05, 0.1) is 18.8 Å². The van der Waals surface area contributed by atoms with Gasteiger partial charge in [-0.2, -0.15) is 0 Å². The number of carboxylic acid groups (broad SMARTS) is 1. The molecule has 0 bridgehead atoms. The number of amides is 1. The average molecular weight is 526 g/mol. The summed E-state index contributed by atoms with van der Waals surface area (Å²) in [4.78, 5) is 37.6. The van der Waals surface area contributed by atoms with E-state index in [1.165, 1.54) is 5.38 Å². The summed E-state index contributed by atoms with van der Waals surface area (Å²) in [6.07, 6.45) is 0.0611. The molecule has 0 saturated carbocycles.